The lowest BCUT2D eigenvalue weighted by molar-refractivity contribution is 0.912. The lowest BCUT2D eigenvalue weighted by atomic mass is 10.4. The lowest BCUT2D eigenvalue weighted by Gasteiger charge is -2.01. The van der Waals surface area contributed by atoms with Crippen molar-refractivity contribution in [3.05, 3.63) is 12.0 Å². The maximum Gasteiger partial charge on any atom is 0.0123 e. The van der Waals surface area contributed by atoms with Crippen LogP contribution in [0.15, 0.2) is 12.0 Å². The summed E-state index contributed by atoms with van der Waals surface area (Å²) in [6.07, 6.45) is 1.24. The van der Waals surface area contributed by atoms with E-state index in [0.29, 0.717) is 0 Å². The highest BCUT2D eigenvalue weighted by Crippen LogP contribution is 2.28. The molecule has 1 unspecified atom stereocenters. The van der Waals surface area contributed by atoms with Gasteiger partial charge < -0.3 is 0 Å². The second-order valence-electron chi connectivity index (χ2n) is 1.58. The summed E-state index contributed by atoms with van der Waals surface area (Å²) in [5.41, 5.74) is 0. The van der Waals surface area contributed by atoms with Gasteiger partial charge in [-0.15, -0.1) is 0 Å². The minimum Gasteiger partial charge on any atom is -0.0919 e. The van der Waals surface area contributed by atoms with Crippen molar-refractivity contribution in [1.82, 2.24) is 0 Å². The summed E-state index contributed by atoms with van der Waals surface area (Å²) in [5, 5.41) is 2.63. The summed E-state index contributed by atoms with van der Waals surface area (Å²) in [4.78, 5) is 0. The Bertz CT molecular complexity index is 61.5. The molecule has 0 saturated carbocycles. The van der Waals surface area contributed by atoms with Gasteiger partial charge in [0.05, 0.1) is 0 Å². The topological polar surface area (TPSA) is 0 Å². The molecule has 0 saturated heterocycles. The number of hydrogen-bond donors (Lipinski definition) is 0. The second kappa shape index (κ2) is 5.57. The predicted molar refractivity (Wildman–Crippen MR) is 45.1 cm³/mol. The summed E-state index contributed by atoms with van der Waals surface area (Å²) < 4.78 is 0. The summed E-state index contributed by atoms with van der Waals surface area (Å²) >= 11 is 0. The third-order valence-electron chi connectivity index (χ3n) is 0.863. The van der Waals surface area contributed by atoms with E-state index in [-0.39, 0.29) is 0 Å². The SMILES string of the molecule is C=CSSC(C)CC. The first-order valence-electron chi connectivity index (χ1n) is 2.74. The summed E-state index contributed by atoms with van der Waals surface area (Å²) in [6.45, 7) is 8.03. The zero-order chi connectivity index (χ0) is 6.41. The molecule has 0 radical (unpaired) electrons. The van der Waals surface area contributed by atoms with Crippen LogP contribution in [0.1, 0.15) is 20.3 Å². The van der Waals surface area contributed by atoms with Crippen molar-refractivity contribution in [3.63, 3.8) is 0 Å². The van der Waals surface area contributed by atoms with Crippen LogP contribution in [-0.2, 0) is 0 Å². The molecule has 0 aromatic rings. The molecule has 0 spiro atoms. The van der Waals surface area contributed by atoms with Crippen LogP contribution in [0.25, 0.3) is 0 Å². The van der Waals surface area contributed by atoms with Crippen molar-refractivity contribution in [2.75, 3.05) is 0 Å². The predicted octanol–water partition coefficient (Wildman–Crippen LogP) is 3.31. The largest absolute Gasteiger partial charge is 0.0919 e. The second-order valence-corrected chi connectivity index (χ2v) is 4.26. The van der Waals surface area contributed by atoms with Gasteiger partial charge in [-0.1, -0.05) is 42.0 Å². The molecular weight excluding hydrogens is 136 g/mol. The van der Waals surface area contributed by atoms with Crippen LogP contribution < -0.4 is 0 Å². The summed E-state index contributed by atoms with van der Waals surface area (Å²) in [5.74, 6) is 0. The number of hydrogen-bond acceptors (Lipinski definition) is 2. The van der Waals surface area contributed by atoms with Crippen LogP contribution in [0.4, 0.5) is 0 Å². The lowest BCUT2D eigenvalue weighted by Crippen LogP contribution is -1.86. The molecule has 0 aliphatic rings. The zero-order valence-electron chi connectivity index (χ0n) is 5.39. The summed E-state index contributed by atoms with van der Waals surface area (Å²) in [6, 6.07) is 0. The van der Waals surface area contributed by atoms with Crippen molar-refractivity contribution < 1.29 is 0 Å². The quantitative estimate of drug-likeness (QED) is 0.561. The monoisotopic (exact) mass is 148 g/mol. The molecule has 8 heavy (non-hydrogen) atoms. The van der Waals surface area contributed by atoms with E-state index in [1.54, 1.807) is 10.8 Å². The van der Waals surface area contributed by atoms with E-state index in [4.69, 9.17) is 0 Å². The van der Waals surface area contributed by atoms with E-state index < -0.39 is 0 Å². The first-order chi connectivity index (χ1) is 3.81. The van der Waals surface area contributed by atoms with Crippen LogP contribution in [0, 0.1) is 0 Å². The van der Waals surface area contributed by atoms with E-state index in [0.717, 1.165) is 5.25 Å². The van der Waals surface area contributed by atoms with E-state index in [9.17, 15) is 0 Å². The van der Waals surface area contributed by atoms with E-state index in [2.05, 4.69) is 20.4 Å². The Kier molecular flexibility index (Phi) is 5.88. The van der Waals surface area contributed by atoms with Gasteiger partial charge in [-0.2, -0.15) is 0 Å². The van der Waals surface area contributed by atoms with Crippen LogP contribution in [0.5, 0.6) is 0 Å². The van der Waals surface area contributed by atoms with Gasteiger partial charge in [0.1, 0.15) is 0 Å². The van der Waals surface area contributed by atoms with Gasteiger partial charge in [0.15, 0.2) is 0 Å². The molecule has 0 heterocycles. The fraction of sp³-hybridized carbons (Fsp3) is 0.667. The molecule has 0 aliphatic heterocycles. The van der Waals surface area contributed by atoms with Crippen molar-refractivity contribution in [1.29, 1.82) is 0 Å². The van der Waals surface area contributed by atoms with Crippen molar-refractivity contribution in [3.8, 4) is 0 Å². The van der Waals surface area contributed by atoms with Gasteiger partial charge in [-0.3, -0.25) is 0 Å². The van der Waals surface area contributed by atoms with E-state index in [1.165, 1.54) is 6.42 Å². The molecule has 0 aromatic heterocycles. The molecule has 0 amide bonds. The zero-order valence-corrected chi connectivity index (χ0v) is 7.02. The van der Waals surface area contributed by atoms with Gasteiger partial charge in [0.2, 0.25) is 0 Å². The van der Waals surface area contributed by atoms with Crippen LogP contribution in [0.2, 0.25) is 0 Å². The molecular formula is C6H12S2. The molecule has 0 bridgehead atoms. The van der Waals surface area contributed by atoms with Crippen LogP contribution >= 0.6 is 21.6 Å². The third-order valence-corrected chi connectivity index (χ3v) is 3.50. The molecule has 0 nitrogen and oxygen atoms in total. The highest BCUT2D eigenvalue weighted by Gasteiger charge is 1.94. The molecule has 0 N–H and O–H groups in total. The first-order valence-corrected chi connectivity index (χ1v) is 5.02. The minimum absolute atomic E-state index is 0.762. The molecule has 2 heteroatoms. The highest BCUT2D eigenvalue weighted by atomic mass is 33.1. The molecule has 1 atom stereocenters. The van der Waals surface area contributed by atoms with E-state index in [1.807, 2.05) is 16.2 Å². The average molecular weight is 148 g/mol. The maximum atomic E-state index is 3.61. The fourth-order valence-electron chi connectivity index (χ4n) is 0.202. The highest BCUT2D eigenvalue weighted by molar-refractivity contribution is 8.78. The first kappa shape index (κ1) is 8.44. The Morgan fingerprint density at radius 2 is 2.38 bits per heavy atom. The Balaban J connectivity index is 2.97. The Labute approximate surface area is 59.5 Å². The van der Waals surface area contributed by atoms with Crippen molar-refractivity contribution in [2.24, 2.45) is 0 Å². The molecule has 0 rings (SSSR count). The Hall–Kier alpha value is 0.440. The van der Waals surface area contributed by atoms with Crippen LogP contribution in [-0.4, -0.2) is 5.25 Å². The molecule has 0 aromatic carbocycles. The fourth-order valence-corrected chi connectivity index (χ4v) is 1.82. The van der Waals surface area contributed by atoms with Gasteiger partial charge in [0.25, 0.3) is 0 Å². The molecule has 0 fully saturated rings. The standard InChI is InChI=1S/C6H12S2/c1-4-6(3)8-7-5-2/h5-6H,2,4H2,1,3H3. The third kappa shape index (κ3) is 4.60. The van der Waals surface area contributed by atoms with Gasteiger partial charge in [0, 0.05) is 5.25 Å². The number of rotatable bonds is 4. The van der Waals surface area contributed by atoms with Gasteiger partial charge in [-0.05, 0) is 11.8 Å². The van der Waals surface area contributed by atoms with Crippen molar-refractivity contribution >= 4 is 21.6 Å². The molecule has 48 valence electrons. The average Bonchev–Trinajstić information content (AvgIpc) is 1.83. The van der Waals surface area contributed by atoms with Gasteiger partial charge in [-0.25, -0.2) is 0 Å². The van der Waals surface area contributed by atoms with Crippen LogP contribution in [0.3, 0.4) is 0 Å². The summed E-state index contributed by atoms with van der Waals surface area (Å²) in [7, 11) is 3.60. The van der Waals surface area contributed by atoms with Crippen molar-refractivity contribution in [2.45, 2.75) is 25.5 Å². The maximum absolute atomic E-state index is 3.61. The smallest absolute Gasteiger partial charge is 0.0123 e. The Morgan fingerprint density at radius 3 is 2.75 bits per heavy atom. The normalized spacial score (nSPS) is 13.2. The van der Waals surface area contributed by atoms with E-state index >= 15 is 0 Å². The molecule has 0 aliphatic carbocycles. The Morgan fingerprint density at radius 1 is 1.75 bits per heavy atom. The van der Waals surface area contributed by atoms with Gasteiger partial charge >= 0.3 is 0 Å². The minimum atomic E-state index is 0.762.